The summed E-state index contributed by atoms with van der Waals surface area (Å²) in [4.78, 5) is 23.8. The van der Waals surface area contributed by atoms with Crippen LogP contribution in [0.25, 0.3) is 0 Å². The molecule has 0 radical (unpaired) electrons. The fourth-order valence-corrected chi connectivity index (χ4v) is 1.85. The summed E-state index contributed by atoms with van der Waals surface area (Å²) < 4.78 is 5.64. The summed E-state index contributed by atoms with van der Waals surface area (Å²) in [6.07, 6.45) is 0.879. The Bertz CT molecular complexity index is 544. The zero-order chi connectivity index (χ0) is 17.4. The van der Waals surface area contributed by atoms with Crippen LogP contribution in [0.4, 0.5) is 5.69 Å². The molecule has 1 aromatic rings. The van der Waals surface area contributed by atoms with Gasteiger partial charge in [-0.05, 0) is 37.0 Å². The summed E-state index contributed by atoms with van der Waals surface area (Å²) in [5, 5.41) is 5.29. The van der Waals surface area contributed by atoms with Gasteiger partial charge in [0.1, 0.15) is 5.75 Å². The predicted octanol–water partition coefficient (Wildman–Crippen LogP) is 1.82. The van der Waals surface area contributed by atoms with Crippen molar-refractivity contribution >= 4 is 17.5 Å². The maximum atomic E-state index is 12.0. The number of hydrogen-bond acceptors (Lipinski definition) is 4. The summed E-state index contributed by atoms with van der Waals surface area (Å²) >= 11 is 0. The van der Waals surface area contributed by atoms with Crippen molar-refractivity contribution in [2.45, 2.75) is 40.2 Å². The van der Waals surface area contributed by atoms with E-state index in [-0.39, 0.29) is 24.3 Å². The molecule has 0 heterocycles. The van der Waals surface area contributed by atoms with Crippen LogP contribution in [0.5, 0.6) is 5.75 Å². The first-order valence-corrected chi connectivity index (χ1v) is 7.91. The van der Waals surface area contributed by atoms with Crippen molar-refractivity contribution in [3.8, 4) is 5.75 Å². The standard InChI is InChI=1S/C17H27N3O3/c1-5-8-23-14-9-12(4)6-7-13(14)20-15(21)10-19-17(22)16(18)11(2)3/h6-7,9,11,16H,5,8,10,18H2,1-4H3,(H,19,22)(H,20,21)/t16-/m0/s1. The van der Waals surface area contributed by atoms with Gasteiger partial charge in [-0.1, -0.05) is 26.8 Å². The minimum Gasteiger partial charge on any atom is -0.491 e. The van der Waals surface area contributed by atoms with Crippen molar-refractivity contribution < 1.29 is 14.3 Å². The van der Waals surface area contributed by atoms with Gasteiger partial charge in [0, 0.05) is 0 Å². The van der Waals surface area contributed by atoms with Gasteiger partial charge in [-0.15, -0.1) is 0 Å². The van der Waals surface area contributed by atoms with E-state index >= 15 is 0 Å². The van der Waals surface area contributed by atoms with Gasteiger partial charge in [-0.2, -0.15) is 0 Å². The largest absolute Gasteiger partial charge is 0.491 e. The van der Waals surface area contributed by atoms with Gasteiger partial charge in [-0.25, -0.2) is 0 Å². The highest BCUT2D eigenvalue weighted by atomic mass is 16.5. The molecule has 1 rings (SSSR count). The monoisotopic (exact) mass is 321 g/mol. The third kappa shape index (κ3) is 6.28. The van der Waals surface area contributed by atoms with E-state index in [4.69, 9.17) is 10.5 Å². The Balaban J connectivity index is 2.62. The van der Waals surface area contributed by atoms with Crippen molar-refractivity contribution in [1.82, 2.24) is 5.32 Å². The summed E-state index contributed by atoms with van der Waals surface area (Å²) in [6.45, 7) is 8.13. The normalized spacial score (nSPS) is 11.9. The molecule has 2 amide bonds. The molecule has 0 saturated carbocycles. The van der Waals surface area contributed by atoms with E-state index in [2.05, 4.69) is 10.6 Å². The van der Waals surface area contributed by atoms with Crippen molar-refractivity contribution in [2.24, 2.45) is 11.7 Å². The Labute approximate surface area is 137 Å². The topological polar surface area (TPSA) is 93.5 Å². The van der Waals surface area contributed by atoms with Crippen LogP contribution in [0.15, 0.2) is 18.2 Å². The Morgan fingerprint density at radius 1 is 1.30 bits per heavy atom. The van der Waals surface area contributed by atoms with E-state index in [9.17, 15) is 9.59 Å². The maximum absolute atomic E-state index is 12.0. The molecule has 0 unspecified atom stereocenters. The van der Waals surface area contributed by atoms with E-state index in [1.807, 2.05) is 39.8 Å². The first-order valence-electron chi connectivity index (χ1n) is 7.91. The van der Waals surface area contributed by atoms with Gasteiger partial charge in [0.05, 0.1) is 24.9 Å². The molecule has 0 aliphatic carbocycles. The van der Waals surface area contributed by atoms with Crippen LogP contribution in [-0.2, 0) is 9.59 Å². The third-order valence-electron chi connectivity index (χ3n) is 3.32. The molecule has 0 aromatic heterocycles. The fourth-order valence-electron chi connectivity index (χ4n) is 1.85. The molecule has 0 saturated heterocycles. The molecule has 0 spiro atoms. The smallest absolute Gasteiger partial charge is 0.243 e. The zero-order valence-electron chi connectivity index (χ0n) is 14.3. The first kappa shape index (κ1) is 19.0. The molecule has 4 N–H and O–H groups in total. The predicted molar refractivity (Wildman–Crippen MR) is 91.4 cm³/mol. The lowest BCUT2D eigenvalue weighted by atomic mass is 10.1. The molecule has 0 aliphatic rings. The third-order valence-corrected chi connectivity index (χ3v) is 3.32. The lowest BCUT2D eigenvalue weighted by Crippen LogP contribution is -2.46. The van der Waals surface area contributed by atoms with Crippen LogP contribution < -0.4 is 21.1 Å². The molecular formula is C17H27N3O3. The van der Waals surface area contributed by atoms with Crippen LogP contribution in [0.1, 0.15) is 32.8 Å². The second-order valence-electron chi connectivity index (χ2n) is 5.88. The van der Waals surface area contributed by atoms with Crippen LogP contribution in [0, 0.1) is 12.8 Å². The van der Waals surface area contributed by atoms with Crippen LogP contribution in [-0.4, -0.2) is 31.0 Å². The number of nitrogens with two attached hydrogens (primary N) is 1. The molecule has 0 fully saturated rings. The number of aryl methyl sites for hydroxylation is 1. The molecule has 6 nitrogen and oxygen atoms in total. The van der Waals surface area contributed by atoms with Gasteiger partial charge in [0.25, 0.3) is 0 Å². The molecule has 0 bridgehead atoms. The minimum atomic E-state index is -0.620. The molecule has 6 heteroatoms. The van der Waals surface area contributed by atoms with Gasteiger partial charge in [0.2, 0.25) is 11.8 Å². The molecule has 1 atom stereocenters. The summed E-state index contributed by atoms with van der Waals surface area (Å²) in [5.74, 6) is -0.00404. The highest BCUT2D eigenvalue weighted by Crippen LogP contribution is 2.25. The number of hydrogen-bond donors (Lipinski definition) is 3. The van der Waals surface area contributed by atoms with Crippen molar-refractivity contribution in [3.05, 3.63) is 23.8 Å². The van der Waals surface area contributed by atoms with Gasteiger partial charge < -0.3 is 21.1 Å². The van der Waals surface area contributed by atoms with E-state index in [0.29, 0.717) is 18.0 Å². The number of ether oxygens (including phenoxy) is 1. The lowest BCUT2D eigenvalue weighted by molar-refractivity contribution is -0.125. The molecule has 0 aliphatic heterocycles. The number of benzene rings is 1. The second kappa shape index (κ2) is 9.15. The quantitative estimate of drug-likeness (QED) is 0.681. The Morgan fingerprint density at radius 3 is 2.61 bits per heavy atom. The molecule has 1 aromatic carbocycles. The van der Waals surface area contributed by atoms with E-state index in [1.165, 1.54) is 0 Å². The van der Waals surface area contributed by atoms with Gasteiger partial charge in [-0.3, -0.25) is 9.59 Å². The summed E-state index contributed by atoms with van der Waals surface area (Å²) in [6, 6.07) is 4.94. The number of carbonyl (C=O) groups excluding carboxylic acids is 2. The second-order valence-corrected chi connectivity index (χ2v) is 5.88. The zero-order valence-corrected chi connectivity index (χ0v) is 14.3. The van der Waals surface area contributed by atoms with Crippen molar-refractivity contribution in [1.29, 1.82) is 0 Å². The highest BCUT2D eigenvalue weighted by Gasteiger charge is 2.18. The van der Waals surface area contributed by atoms with E-state index in [1.54, 1.807) is 6.07 Å². The van der Waals surface area contributed by atoms with Gasteiger partial charge >= 0.3 is 0 Å². The van der Waals surface area contributed by atoms with Crippen LogP contribution in [0.2, 0.25) is 0 Å². The summed E-state index contributed by atoms with van der Waals surface area (Å²) in [5.41, 5.74) is 7.37. The highest BCUT2D eigenvalue weighted by molar-refractivity contribution is 5.96. The van der Waals surface area contributed by atoms with Crippen LogP contribution >= 0.6 is 0 Å². The summed E-state index contributed by atoms with van der Waals surface area (Å²) in [7, 11) is 0. The maximum Gasteiger partial charge on any atom is 0.243 e. The number of carbonyl (C=O) groups is 2. The lowest BCUT2D eigenvalue weighted by Gasteiger charge is -2.16. The van der Waals surface area contributed by atoms with E-state index < -0.39 is 6.04 Å². The molecule has 128 valence electrons. The molecular weight excluding hydrogens is 294 g/mol. The Hall–Kier alpha value is -2.08. The average molecular weight is 321 g/mol. The van der Waals surface area contributed by atoms with E-state index in [0.717, 1.165) is 12.0 Å². The Morgan fingerprint density at radius 2 is 2.00 bits per heavy atom. The number of anilines is 1. The number of amides is 2. The number of nitrogens with one attached hydrogen (secondary N) is 2. The van der Waals surface area contributed by atoms with Crippen molar-refractivity contribution in [3.63, 3.8) is 0 Å². The molecule has 23 heavy (non-hydrogen) atoms. The van der Waals surface area contributed by atoms with Crippen LogP contribution in [0.3, 0.4) is 0 Å². The van der Waals surface area contributed by atoms with Gasteiger partial charge in [0.15, 0.2) is 0 Å². The minimum absolute atomic E-state index is 0.0178. The first-order chi connectivity index (χ1) is 10.8. The Kier molecular flexibility index (Phi) is 7.54. The average Bonchev–Trinajstić information content (AvgIpc) is 2.51. The number of rotatable bonds is 8. The fraction of sp³-hybridized carbons (Fsp3) is 0.529. The van der Waals surface area contributed by atoms with Crippen molar-refractivity contribution in [2.75, 3.05) is 18.5 Å². The SMILES string of the molecule is CCCOc1cc(C)ccc1NC(=O)CNC(=O)[C@@H](N)C(C)C.